The van der Waals surface area contributed by atoms with E-state index in [2.05, 4.69) is 33.9 Å². The summed E-state index contributed by atoms with van der Waals surface area (Å²) in [4.78, 5) is 0. The molecule has 1 aromatic heterocycles. The molecule has 1 aliphatic heterocycles. The molecule has 2 rings (SSSR count). The van der Waals surface area contributed by atoms with E-state index in [0.29, 0.717) is 6.04 Å². The van der Waals surface area contributed by atoms with Crippen LogP contribution in [0.1, 0.15) is 38.9 Å². The summed E-state index contributed by atoms with van der Waals surface area (Å²) < 4.78 is 2.31. The zero-order valence-corrected chi connectivity index (χ0v) is 11.6. The quantitative estimate of drug-likeness (QED) is 0.645. The smallest absolute Gasteiger partial charge is 0.191 e. The van der Waals surface area contributed by atoms with Crippen molar-refractivity contribution in [2.75, 3.05) is 12.3 Å². The van der Waals surface area contributed by atoms with Gasteiger partial charge in [-0.25, -0.2) is 0 Å². The van der Waals surface area contributed by atoms with E-state index in [4.69, 9.17) is 0 Å². The summed E-state index contributed by atoms with van der Waals surface area (Å²) >= 11 is 1.82. The molecular weight excluding hydrogens is 232 g/mol. The summed E-state index contributed by atoms with van der Waals surface area (Å²) in [5.41, 5.74) is 0. The van der Waals surface area contributed by atoms with E-state index in [-0.39, 0.29) is 0 Å². The molecule has 0 spiro atoms. The molecule has 5 heteroatoms. The standard InChI is InChI=1S/C12H22N4S/c1-10(2)13-7-9-17-12-15-14-11-6-4-3-5-8-16(11)12/h10,13H,3-9H2,1-2H3. The van der Waals surface area contributed by atoms with Gasteiger partial charge in [0.05, 0.1) is 0 Å². The topological polar surface area (TPSA) is 42.7 Å². The third-order valence-electron chi connectivity index (χ3n) is 2.96. The number of thioether (sulfide) groups is 1. The van der Waals surface area contributed by atoms with Crippen molar-refractivity contribution < 1.29 is 0 Å². The van der Waals surface area contributed by atoms with Crippen molar-refractivity contribution in [3.8, 4) is 0 Å². The normalized spacial score (nSPS) is 15.9. The summed E-state index contributed by atoms with van der Waals surface area (Å²) in [7, 11) is 0. The molecule has 1 aromatic rings. The maximum atomic E-state index is 4.30. The number of aryl methyl sites for hydroxylation is 1. The molecule has 0 atom stereocenters. The van der Waals surface area contributed by atoms with E-state index in [1.807, 2.05) is 11.8 Å². The Morgan fingerprint density at radius 2 is 2.18 bits per heavy atom. The zero-order valence-electron chi connectivity index (χ0n) is 10.8. The van der Waals surface area contributed by atoms with Crippen LogP contribution in [0.25, 0.3) is 0 Å². The van der Waals surface area contributed by atoms with Gasteiger partial charge in [0.2, 0.25) is 0 Å². The van der Waals surface area contributed by atoms with E-state index in [1.54, 1.807) is 0 Å². The van der Waals surface area contributed by atoms with E-state index in [0.717, 1.165) is 30.4 Å². The Kier molecular flexibility index (Phi) is 4.86. The SMILES string of the molecule is CC(C)NCCSc1nnc2n1CCCCC2. The van der Waals surface area contributed by atoms with Crippen LogP contribution in [-0.2, 0) is 13.0 Å². The van der Waals surface area contributed by atoms with Crippen molar-refractivity contribution in [1.29, 1.82) is 0 Å². The molecule has 1 aliphatic rings. The molecule has 0 bridgehead atoms. The fourth-order valence-corrected chi connectivity index (χ4v) is 2.91. The van der Waals surface area contributed by atoms with Gasteiger partial charge in [0.25, 0.3) is 0 Å². The monoisotopic (exact) mass is 254 g/mol. The average molecular weight is 254 g/mol. The molecule has 1 N–H and O–H groups in total. The summed E-state index contributed by atoms with van der Waals surface area (Å²) in [6.45, 7) is 6.48. The third kappa shape index (κ3) is 3.71. The maximum Gasteiger partial charge on any atom is 0.191 e. The van der Waals surface area contributed by atoms with E-state index >= 15 is 0 Å². The lowest BCUT2D eigenvalue weighted by molar-refractivity contribution is 0.589. The van der Waals surface area contributed by atoms with Crippen LogP contribution in [0.4, 0.5) is 0 Å². The molecule has 4 nitrogen and oxygen atoms in total. The van der Waals surface area contributed by atoms with Gasteiger partial charge in [-0.05, 0) is 12.8 Å². The van der Waals surface area contributed by atoms with Gasteiger partial charge in [0.15, 0.2) is 5.16 Å². The minimum absolute atomic E-state index is 0.561. The molecule has 0 aromatic carbocycles. The van der Waals surface area contributed by atoms with Crippen LogP contribution in [0.15, 0.2) is 5.16 Å². The van der Waals surface area contributed by atoms with Gasteiger partial charge in [-0.1, -0.05) is 32.0 Å². The van der Waals surface area contributed by atoms with Gasteiger partial charge in [0.1, 0.15) is 5.82 Å². The van der Waals surface area contributed by atoms with Crippen molar-refractivity contribution in [2.45, 2.75) is 57.3 Å². The summed E-state index contributed by atoms with van der Waals surface area (Å²) in [5, 5.41) is 13.1. The molecule has 96 valence electrons. The molecule has 17 heavy (non-hydrogen) atoms. The van der Waals surface area contributed by atoms with Gasteiger partial charge in [-0.2, -0.15) is 0 Å². The number of nitrogens with zero attached hydrogens (tertiary/aromatic N) is 3. The lowest BCUT2D eigenvalue weighted by atomic mass is 10.2. The van der Waals surface area contributed by atoms with Crippen LogP contribution < -0.4 is 5.32 Å². The first kappa shape index (κ1) is 12.9. The Morgan fingerprint density at radius 1 is 1.29 bits per heavy atom. The zero-order chi connectivity index (χ0) is 12.1. The Balaban J connectivity index is 1.86. The van der Waals surface area contributed by atoms with Gasteiger partial charge >= 0.3 is 0 Å². The predicted molar refractivity (Wildman–Crippen MR) is 71.4 cm³/mol. The number of hydrogen-bond acceptors (Lipinski definition) is 4. The van der Waals surface area contributed by atoms with Crippen molar-refractivity contribution in [2.24, 2.45) is 0 Å². The highest BCUT2D eigenvalue weighted by molar-refractivity contribution is 7.99. The van der Waals surface area contributed by atoms with Crippen molar-refractivity contribution in [1.82, 2.24) is 20.1 Å². The summed E-state index contributed by atoms with van der Waals surface area (Å²) in [5.74, 6) is 2.25. The molecule has 2 heterocycles. The molecular formula is C12H22N4S. The van der Waals surface area contributed by atoms with Crippen LogP contribution in [0.3, 0.4) is 0 Å². The van der Waals surface area contributed by atoms with Crippen molar-refractivity contribution >= 4 is 11.8 Å². The van der Waals surface area contributed by atoms with Gasteiger partial charge in [0, 0.05) is 31.3 Å². The molecule has 0 radical (unpaired) electrons. The first-order chi connectivity index (χ1) is 8.27. The second-order valence-electron chi connectivity index (χ2n) is 4.82. The molecule has 0 aliphatic carbocycles. The summed E-state index contributed by atoms with van der Waals surface area (Å²) in [6.07, 6.45) is 4.95. The van der Waals surface area contributed by atoms with Gasteiger partial charge in [-0.15, -0.1) is 10.2 Å². The Hall–Kier alpha value is -0.550. The first-order valence-electron chi connectivity index (χ1n) is 6.55. The number of rotatable bonds is 5. The molecule has 0 amide bonds. The lowest BCUT2D eigenvalue weighted by Crippen LogP contribution is -2.25. The minimum atomic E-state index is 0.561. The van der Waals surface area contributed by atoms with Crippen LogP contribution in [0, 0.1) is 0 Å². The number of hydrogen-bond donors (Lipinski definition) is 1. The average Bonchev–Trinajstić information content (AvgIpc) is 2.54. The molecule has 0 fully saturated rings. The van der Waals surface area contributed by atoms with Crippen molar-refractivity contribution in [3.63, 3.8) is 0 Å². The third-order valence-corrected chi connectivity index (χ3v) is 3.93. The van der Waals surface area contributed by atoms with E-state index < -0.39 is 0 Å². The van der Waals surface area contributed by atoms with Gasteiger partial charge in [-0.3, -0.25) is 0 Å². The Morgan fingerprint density at radius 3 is 3.00 bits per heavy atom. The fraction of sp³-hybridized carbons (Fsp3) is 0.833. The highest BCUT2D eigenvalue weighted by atomic mass is 32.2. The molecule has 0 saturated heterocycles. The highest BCUT2D eigenvalue weighted by Gasteiger charge is 2.14. The highest BCUT2D eigenvalue weighted by Crippen LogP contribution is 2.21. The van der Waals surface area contributed by atoms with E-state index in [9.17, 15) is 0 Å². The largest absolute Gasteiger partial charge is 0.314 e. The number of nitrogens with one attached hydrogen (secondary N) is 1. The number of fused-ring (bicyclic) bond motifs is 1. The van der Waals surface area contributed by atoms with Crippen LogP contribution in [0.2, 0.25) is 0 Å². The Bertz CT molecular complexity index is 348. The lowest BCUT2D eigenvalue weighted by Gasteiger charge is -2.08. The predicted octanol–water partition coefficient (Wildman–Crippen LogP) is 2.09. The van der Waals surface area contributed by atoms with Crippen LogP contribution in [-0.4, -0.2) is 33.1 Å². The maximum absolute atomic E-state index is 4.30. The molecule has 0 saturated carbocycles. The van der Waals surface area contributed by atoms with Crippen LogP contribution in [0.5, 0.6) is 0 Å². The number of aromatic nitrogens is 3. The first-order valence-corrected chi connectivity index (χ1v) is 7.54. The molecule has 0 unspecified atom stereocenters. The second kappa shape index (κ2) is 6.40. The van der Waals surface area contributed by atoms with Crippen LogP contribution >= 0.6 is 11.8 Å². The Labute approximate surface area is 108 Å². The van der Waals surface area contributed by atoms with Crippen molar-refractivity contribution in [3.05, 3.63) is 5.82 Å². The van der Waals surface area contributed by atoms with Gasteiger partial charge < -0.3 is 9.88 Å². The minimum Gasteiger partial charge on any atom is -0.314 e. The van der Waals surface area contributed by atoms with E-state index in [1.165, 1.54) is 25.1 Å². The summed E-state index contributed by atoms with van der Waals surface area (Å²) in [6, 6.07) is 0.561. The second-order valence-corrected chi connectivity index (χ2v) is 5.88. The fourth-order valence-electron chi connectivity index (χ4n) is 2.06.